The van der Waals surface area contributed by atoms with Crippen molar-refractivity contribution in [2.75, 3.05) is 0 Å². The average Bonchev–Trinajstić information content (AvgIpc) is 2.00. The molecule has 0 amide bonds. The first-order valence-corrected chi connectivity index (χ1v) is 12.1. The fraction of sp³-hybridized carbons (Fsp3) is 1.00. The summed E-state index contributed by atoms with van der Waals surface area (Å²) in [7, 11) is 0.687. The van der Waals surface area contributed by atoms with Crippen molar-refractivity contribution in [3.63, 3.8) is 0 Å². The van der Waals surface area contributed by atoms with Crippen molar-refractivity contribution in [2.45, 2.75) is 63.9 Å². The average molecular weight is 250 g/mol. The monoisotopic (exact) mass is 250 g/mol. The van der Waals surface area contributed by atoms with Crippen LogP contribution < -0.4 is 0 Å². The minimum Gasteiger partial charge on any atom is -0.412 e. The van der Waals surface area contributed by atoms with Crippen molar-refractivity contribution in [3.05, 3.63) is 0 Å². The molecule has 0 rings (SSSR count). The van der Waals surface area contributed by atoms with Crippen molar-refractivity contribution in [1.29, 1.82) is 0 Å². The van der Waals surface area contributed by atoms with Gasteiger partial charge in [0.1, 0.15) is 0 Å². The Labute approximate surface area is 94.9 Å². The Hall–Kier alpha value is 0.824. The van der Waals surface area contributed by atoms with E-state index in [4.69, 9.17) is 4.43 Å². The highest BCUT2D eigenvalue weighted by Crippen LogP contribution is 2.34. The van der Waals surface area contributed by atoms with Gasteiger partial charge in [-0.15, -0.1) is 9.24 Å². The van der Waals surface area contributed by atoms with E-state index in [1.54, 1.807) is 0 Å². The minimum absolute atomic E-state index is 0.0825. The maximum atomic E-state index is 6.40. The Kier molecular flexibility index (Phi) is 5.55. The van der Waals surface area contributed by atoms with Crippen molar-refractivity contribution in [1.82, 2.24) is 0 Å². The first-order chi connectivity index (χ1) is 6.13. The second-order valence-corrected chi connectivity index (χ2v) is 15.0. The molecule has 0 aromatic rings. The lowest BCUT2D eigenvalue weighted by Gasteiger charge is -2.40. The van der Waals surface area contributed by atoms with Crippen molar-refractivity contribution in [3.8, 4) is 0 Å². The summed E-state index contributed by atoms with van der Waals surface area (Å²) in [6.45, 7) is 16.2. The third-order valence-corrected chi connectivity index (χ3v) is 12.2. The molecule has 0 fully saturated rings. The van der Waals surface area contributed by atoms with Crippen molar-refractivity contribution in [2.24, 2.45) is 0 Å². The van der Waals surface area contributed by atoms with Gasteiger partial charge in [-0.1, -0.05) is 33.4 Å². The van der Waals surface area contributed by atoms with E-state index in [0.717, 1.165) is 5.54 Å². The van der Waals surface area contributed by atoms with E-state index in [1.807, 2.05) is 0 Å². The van der Waals surface area contributed by atoms with Crippen LogP contribution in [0.25, 0.3) is 0 Å². The van der Waals surface area contributed by atoms with E-state index in [0.29, 0.717) is 0 Å². The van der Waals surface area contributed by atoms with Crippen molar-refractivity contribution >= 4 is 26.4 Å². The van der Waals surface area contributed by atoms with Crippen LogP contribution in [-0.2, 0) is 4.43 Å². The first-order valence-electron chi connectivity index (χ1n) is 5.62. The van der Waals surface area contributed by atoms with Gasteiger partial charge in [-0.3, -0.25) is 0 Å². The molecule has 0 N–H and O–H groups in total. The van der Waals surface area contributed by atoms with E-state index < -0.39 is 17.1 Å². The molecular weight excluding hydrogens is 223 g/mol. The Morgan fingerprint density at radius 2 is 1.86 bits per heavy atom. The maximum absolute atomic E-state index is 6.40. The summed E-state index contributed by atoms with van der Waals surface area (Å²) in [4.78, 5) is 0.0825. The molecular formula is C10H27OPSi2. The van der Waals surface area contributed by atoms with Crippen LogP contribution in [0.4, 0.5) is 0 Å². The first kappa shape index (κ1) is 14.8. The van der Waals surface area contributed by atoms with Gasteiger partial charge in [-0.05, 0) is 25.6 Å². The molecule has 1 nitrogen and oxygen atoms in total. The molecule has 0 aliphatic carbocycles. The molecule has 0 aliphatic heterocycles. The van der Waals surface area contributed by atoms with Crippen LogP contribution >= 0.6 is 9.24 Å². The van der Waals surface area contributed by atoms with Gasteiger partial charge in [0, 0.05) is 0 Å². The molecule has 0 spiro atoms. The van der Waals surface area contributed by atoms with Gasteiger partial charge < -0.3 is 4.43 Å². The molecule has 14 heavy (non-hydrogen) atoms. The summed E-state index contributed by atoms with van der Waals surface area (Å²) < 4.78 is 6.40. The number of hydrogen-bond acceptors (Lipinski definition) is 1. The van der Waals surface area contributed by atoms with Gasteiger partial charge in [-0.2, -0.15) is 0 Å². The number of hydrogen-bond donors (Lipinski definition) is 0. The normalized spacial score (nSPS) is 19.5. The predicted octanol–water partition coefficient (Wildman–Crippen LogP) is 3.63. The zero-order valence-electron chi connectivity index (χ0n) is 10.8. The summed E-state index contributed by atoms with van der Waals surface area (Å²) in [5.41, 5.74) is 0.745. The molecule has 0 radical (unpaired) electrons. The maximum Gasteiger partial charge on any atom is 0.190 e. The molecule has 0 saturated heterocycles. The highest BCUT2D eigenvalue weighted by atomic mass is 31.0. The third-order valence-electron chi connectivity index (χ3n) is 3.43. The molecule has 1 unspecified atom stereocenters. The molecule has 4 heteroatoms. The summed E-state index contributed by atoms with van der Waals surface area (Å²) in [5, 5.41) is 0. The Morgan fingerprint density at radius 3 is 2.14 bits per heavy atom. The van der Waals surface area contributed by atoms with Crippen LogP contribution in [-0.4, -0.2) is 22.1 Å². The number of rotatable bonds is 5. The fourth-order valence-electron chi connectivity index (χ4n) is 1.28. The molecule has 0 aromatic carbocycles. The molecule has 3 atom stereocenters. The molecule has 0 heterocycles. The lowest BCUT2D eigenvalue weighted by molar-refractivity contribution is 0.243. The quantitative estimate of drug-likeness (QED) is 0.535. The smallest absolute Gasteiger partial charge is 0.190 e. The zero-order valence-corrected chi connectivity index (χ0v) is 14.2. The Bertz CT molecular complexity index is 181. The van der Waals surface area contributed by atoms with Crippen LogP contribution in [0, 0.1) is 0 Å². The Balaban J connectivity index is 4.49. The van der Waals surface area contributed by atoms with Gasteiger partial charge >= 0.3 is 0 Å². The van der Waals surface area contributed by atoms with Crippen LogP contribution in [0.15, 0.2) is 0 Å². The van der Waals surface area contributed by atoms with Gasteiger partial charge in [0.2, 0.25) is 0 Å². The predicted molar refractivity (Wildman–Crippen MR) is 75.3 cm³/mol. The molecule has 0 saturated carbocycles. The fourth-order valence-corrected chi connectivity index (χ4v) is 6.36. The summed E-state index contributed by atoms with van der Waals surface area (Å²) in [5.74, 6) is 0. The van der Waals surface area contributed by atoms with Gasteiger partial charge in [0.15, 0.2) is 8.32 Å². The zero-order chi connectivity index (χ0) is 11.6. The van der Waals surface area contributed by atoms with Gasteiger partial charge in [0.05, 0.1) is 13.8 Å². The lowest BCUT2D eigenvalue weighted by Crippen LogP contribution is -2.47. The minimum atomic E-state index is -1.49. The van der Waals surface area contributed by atoms with E-state index in [2.05, 4.69) is 56.2 Å². The molecule has 86 valence electrons. The summed E-state index contributed by atoms with van der Waals surface area (Å²) in [6, 6.07) is 0. The van der Waals surface area contributed by atoms with Crippen LogP contribution in [0.5, 0.6) is 0 Å². The van der Waals surface area contributed by atoms with E-state index in [1.165, 1.54) is 6.42 Å². The Morgan fingerprint density at radius 1 is 1.43 bits per heavy atom. The molecule has 0 aromatic heterocycles. The second kappa shape index (κ2) is 5.24. The molecule has 0 aliphatic rings. The van der Waals surface area contributed by atoms with Crippen LogP contribution in [0.2, 0.25) is 31.7 Å². The summed E-state index contributed by atoms with van der Waals surface area (Å²) in [6.07, 6.45) is 1.24. The molecule has 0 bridgehead atoms. The van der Waals surface area contributed by atoms with Crippen LogP contribution in [0.3, 0.4) is 0 Å². The third kappa shape index (κ3) is 4.13. The topological polar surface area (TPSA) is 9.23 Å². The van der Waals surface area contributed by atoms with Crippen molar-refractivity contribution < 1.29 is 4.43 Å². The van der Waals surface area contributed by atoms with Gasteiger partial charge in [-0.25, -0.2) is 0 Å². The highest BCUT2D eigenvalue weighted by Gasteiger charge is 2.37. The van der Waals surface area contributed by atoms with Crippen LogP contribution in [0.1, 0.15) is 27.2 Å². The second-order valence-electron chi connectivity index (χ2n) is 5.35. The standard InChI is InChI=1S/C10H27OPSi2/c1-8-9(2)14(6,7)11-10(3,12)13(4)5/h9,13H,8,12H2,1-7H3/t9-,10-/m0/s1. The summed E-state index contributed by atoms with van der Waals surface area (Å²) >= 11 is 0. The van der Waals surface area contributed by atoms with E-state index in [-0.39, 0.29) is 4.97 Å². The SMILES string of the molecule is CC[C@H](C)[Si](C)(C)O[C@@](C)(P)[SiH](C)C. The van der Waals surface area contributed by atoms with Gasteiger partial charge in [0.25, 0.3) is 0 Å². The lowest BCUT2D eigenvalue weighted by atomic mass is 10.4. The van der Waals surface area contributed by atoms with E-state index in [9.17, 15) is 0 Å². The highest BCUT2D eigenvalue weighted by molar-refractivity contribution is 7.24. The largest absolute Gasteiger partial charge is 0.412 e. The van der Waals surface area contributed by atoms with E-state index >= 15 is 0 Å².